The lowest BCUT2D eigenvalue weighted by Crippen LogP contribution is -1.90. The topological polar surface area (TPSA) is 52.0 Å². The minimum Gasteiger partial charge on any atom is -0.380 e. The molecule has 0 bridgehead atoms. The number of halogens is 3. The van der Waals surface area contributed by atoms with Crippen molar-refractivity contribution in [3.05, 3.63) is 57.2 Å². The summed E-state index contributed by atoms with van der Waals surface area (Å²) in [5, 5.41) is 3.78. The first-order valence-corrected chi connectivity index (χ1v) is 7.62. The third kappa shape index (κ3) is 2.61. The van der Waals surface area contributed by atoms with Crippen LogP contribution in [0.15, 0.2) is 55.9 Å². The number of nitrogens with zero attached hydrogens (tertiary/aromatic N) is 1. The molecule has 0 aliphatic rings. The van der Waals surface area contributed by atoms with E-state index in [-0.39, 0.29) is 5.82 Å². The van der Waals surface area contributed by atoms with E-state index in [1.807, 2.05) is 24.3 Å². The number of rotatable bonds is 2. The molecule has 3 nitrogen and oxygen atoms in total. The monoisotopic (exact) mass is 410 g/mol. The highest BCUT2D eigenvalue weighted by Gasteiger charge is 2.21. The number of nitrogens with two attached hydrogens (primary N) is 1. The fraction of sp³-hybridized carbons (Fsp3) is 0. The van der Waals surface area contributed by atoms with Crippen molar-refractivity contribution in [2.75, 3.05) is 5.73 Å². The van der Waals surface area contributed by atoms with Crippen LogP contribution in [-0.2, 0) is 0 Å². The Morgan fingerprint density at radius 2 is 1.86 bits per heavy atom. The van der Waals surface area contributed by atoms with Gasteiger partial charge in [0.25, 0.3) is 0 Å². The summed E-state index contributed by atoms with van der Waals surface area (Å²) >= 11 is 6.57. The first-order chi connectivity index (χ1) is 10.1. The molecule has 3 rings (SSSR count). The van der Waals surface area contributed by atoms with E-state index in [4.69, 9.17) is 10.3 Å². The van der Waals surface area contributed by atoms with E-state index in [2.05, 4.69) is 37.0 Å². The average Bonchev–Trinajstić information content (AvgIpc) is 2.83. The predicted molar refractivity (Wildman–Crippen MR) is 87.1 cm³/mol. The molecule has 1 aromatic heterocycles. The van der Waals surface area contributed by atoms with Gasteiger partial charge in [0.05, 0.1) is 15.6 Å². The van der Waals surface area contributed by atoms with E-state index >= 15 is 0 Å². The minimum atomic E-state index is -0.412. The van der Waals surface area contributed by atoms with Gasteiger partial charge >= 0.3 is 0 Å². The predicted octanol–water partition coefficient (Wildman–Crippen LogP) is 5.25. The van der Waals surface area contributed by atoms with Crippen molar-refractivity contribution in [2.45, 2.75) is 0 Å². The van der Waals surface area contributed by atoms with Gasteiger partial charge in [0.1, 0.15) is 5.82 Å². The van der Waals surface area contributed by atoms with Gasteiger partial charge < -0.3 is 10.3 Å². The molecule has 106 valence electrons. The highest BCUT2D eigenvalue weighted by Crippen LogP contribution is 2.39. The number of hydrogen-bond donors (Lipinski definition) is 1. The minimum absolute atomic E-state index is 0.225. The van der Waals surface area contributed by atoms with Gasteiger partial charge in [0, 0.05) is 4.47 Å². The normalized spacial score (nSPS) is 10.8. The second kappa shape index (κ2) is 5.61. The van der Waals surface area contributed by atoms with E-state index in [0.29, 0.717) is 21.4 Å². The van der Waals surface area contributed by atoms with Crippen molar-refractivity contribution < 1.29 is 8.91 Å². The molecule has 0 radical (unpaired) electrons. The molecule has 2 N–H and O–H groups in total. The molecule has 0 fully saturated rings. The third-order valence-electron chi connectivity index (χ3n) is 3.03. The number of aromatic nitrogens is 1. The van der Waals surface area contributed by atoms with Crippen molar-refractivity contribution in [3.63, 3.8) is 0 Å². The van der Waals surface area contributed by atoms with E-state index in [0.717, 1.165) is 10.0 Å². The molecule has 0 unspecified atom stereocenters. The summed E-state index contributed by atoms with van der Waals surface area (Å²) in [7, 11) is 0. The Morgan fingerprint density at radius 1 is 1.10 bits per heavy atom. The molecule has 6 heteroatoms. The van der Waals surface area contributed by atoms with Gasteiger partial charge in [0.2, 0.25) is 0 Å². The Hall–Kier alpha value is -1.66. The number of anilines is 1. The van der Waals surface area contributed by atoms with Gasteiger partial charge in [-0.1, -0.05) is 39.3 Å². The molecule has 0 aliphatic carbocycles. The highest BCUT2D eigenvalue weighted by atomic mass is 79.9. The number of benzene rings is 2. The van der Waals surface area contributed by atoms with Crippen molar-refractivity contribution >= 4 is 37.7 Å². The first-order valence-electron chi connectivity index (χ1n) is 6.03. The maximum atomic E-state index is 14.3. The van der Waals surface area contributed by atoms with Gasteiger partial charge in [-0.05, 0) is 45.8 Å². The van der Waals surface area contributed by atoms with E-state index in [1.54, 1.807) is 18.2 Å². The summed E-state index contributed by atoms with van der Waals surface area (Å²) < 4.78 is 20.8. The van der Waals surface area contributed by atoms with Gasteiger partial charge in [0.15, 0.2) is 11.6 Å². The van der Waals surface area contributed by atoms with E-state index < -0.39 is 5.82 Å². The Labute approximate surface area is 137 Å². The summed E-state index contributed by atoms with van der Waals surface area (Å²) in [4.78, 5) is 0. The molecule has 0 aliphatic heterocycles. The Kier molecular flexibility index (Phi) is 3.82. The van der Waals surface area contributed by atoms with Crippen molar-refractivity contribution in [1.82, 2.24) is 5.16 Å². The zero-order valence-electron chi connectivity index (χ0n) is 10.6. The zero-order valence-corrected chi connectivity index (χ0v) is 13.8. The van der Waals surface area contributed by atoms with Crippen LogP contribution in [0, 0.1) is 5.82 Å². The molecular weight excluding hydrogens is 403 g/mol. The molecule has 3 aromatic rings. The van der Waals surface area contributed by atoms with Crippen LogP contribution in [0.25, 0.3) is 22.5 Å². The number of hydrogen-bond acceptors (Lipinski definition) is 3. The molecule has 2 aromatic carbocycles. The third-order valence-corrected chi connectivity index (χ3v) is 4.13. The molecule has 21 heavy (non-hydrogen) atoms. The van der Waals surface area contributed by atoms with Crippen LogP contribution in [0.4, 0.5) is 10.2 Å². The highest BCUT2D eigenvalue weighted by molar-refractivity contribution is 9.10. The van der Waals surface area contributed by atoms with Crippen molar-refractivity contribution in [3.8, 4) is 22.5 Å². The summed E-state index contributed by atoms with van der Waals surface area (Å²) in [6.45, 7) is 0. The Morgan fingerprint density at radius 3 is 2.62 bits per heavy atom. The van der Waals surface area contributed by atoms with Gasteiger partial charge in [-0.15, -0.1) is 0 Å². The molecular formula is C15H9Br2FN2O. The first kappa shape index (κ1) is 14.3. The quantitative estimate of drug-likeness (QED) is 0.626. The second-order valence-electron chi connectivity index (χ2n) is 4.38. The SMILES string of the molecule is Nc1noc(-c2cccc(Br)c2F)c1-c1cccc(Br)c1. The Bertz CT molecular complexity index is 817. The van der Waals surface area contributed by atoms with Crippen LogP contribution in [0.1, 0.15) is 0 Å². The molecule has 0 atom stereocenters. The summed E-state index contributed by atoms with van der Waals surface area (Å²) in [5.74, 6) is 0.122. The lowest BCUT2D eigenvalue weighted by atomic mass is 10.0. The van der Waals surface area contributed by atoms with Crippen LogP contribution < -0.4 is 5.73 Å². The Balaban J connectivity index is 2.24. The van der Waals surface area contributed by atoms with Crippen LogP contribution >= 0.6 is 31.9 Å². The van der Waals surface area contributed by atoms with Gasteiger partial charge in [-0.2, -0.15) is 0 Å². The van der Waals surface area contributed by atoms with Crippen LogP contribution in [0.3, 0.4) is 0 Å². The molecule has 0 saturated carbocycles. The maximum Gasteiger partial charge on any atom is 0.179 e. The van der Waals surface area contributed by atoms with Crippen LogP contribution in [0.5, 0.6) is 0 Å². The fourth-order valence-corrected chi connectivity index (χ4v) is 2.85. The maximum absolute atomic E-state index is 14.3. The molecule has 1 heterocycles. The molecule has 0 amide bonds. The number of nitrogen functional groups attached to an aromatic ring is 1. The van der Waals surface area contributed by atoms with E-state index in [9.17, 15) is 4.39 Å². The summed E-state index contributed by atoms with van der Waals surface area (Å²) in [6.07, 6.45) is 0. The molecule has 0 saturated heterocycles. The lowest BCUT2D eigenvalue weighted by molar-refractivity contribution is 0.433. The standard InChI is InChI=1S/C15H9Br2FN2O/c16-9-4-1-3-8(7-9)12-14(21-20-15(12)19)10-5-2-6-11(17)13(10)18/h1-7H,(H2,19,20). The zero-order chi connectivity index (χ0) is 15.0. The average molecular weight is 412 g/mol. The summed E-state index contributed by atoms with van der Waals surface area (Å²) in [5.41, 5.74) is 7.58. The van der Waals surface area contributed by atoms with E-state index in [1.165, 1.54) is 0 Å². The van der Waals surface area contributed by atoms with Gasteiger partial charge in [-0.3, -0.25) is 0 Å². The lowest BCUT2D eigenvalue weighted by Gasteiger charge is -2.05. The largest absolute Gasteiger partial charge is 0.380 e. The fourth-order valence-electron chi connectivity index (χ4n) is 2.09. The second-order valence-corrected chi connectivity index (χ2v) is 6.15. The van der Waals surface area contributed by atoms with Gasteiger partial charge in [-0.25, -0.2) is 4.39 Å². The van der Waals surface area contributed by atoms with Crippen molar-refractivity contribution in [2.24, 2.45) is 0 Å². The van der Waals surface area contributed by atoms with Crippen LogP contribution in [0.2, 0.25) is 0 Å². The smallest absolute Gasteiger partial charge is 0.179 e. The van der Waals surface area contributed by atoms with Crippen LogP contribution in [-0.4, -0.2) is 5.16 Å². The van der Waals surface area contributed by atoms with Crippen molar-refractivity contribution in [1.29, 1.82) is 0 Å². The summed E-state index contributed by atoms with van der Waals surface area (Å²) in [6, 6.07) is 12.5. The molecule has 0 spiro atoms.